The van der Waals surface area contributed by atoms with Gasteiger partial charge in [0.1, 0.15) is 12.4 Å². The largest absolute Gasteiger partial charge is 0.486 e. The molecule has 136 valence electrons. The number of H-pyrrole nitrogens is 1. The number of nitrogens with one attached hydrogen (secondary N) is 1. The molecular weight excluding hydrogens is 358 g/mol. The van der Waals surface area contributed by atoms with Gasteiger partial charge in [0.05, 0.1) is 6.21 Å². The first-order valence-corrected chi connectivity index (χ1v) is 9.76. The molecule has 0 aliphatic heterocycles. The molecule has 2 aromatic heterocycles. The van der Waals surface area contributed by atoms with Crippen molar-refractivity contribution < 1.29 is 4.74 Å². The number of aromatic nitrogens is 4. The lowest BCUT2D eigenvalue weighted by Crippen LogP contribution is -2.05. The third-order valence-corrected chi connectivity index (χ3v) is 4.84. The molecule has 4 rings (SSSR count). The summed E-state index contributed by atoms with van der Waals surface area (Å²) in [6.45, 7) is 2.34. The summed E-state index contributed by atoms with van der Waals surface area (Å²) in [5.41, 5.74) is 3.22. The first kappa shape index (κ1) is 17.4. The molecule has 0 aliphatic carbocycles. The molecule has 0 amide bonds. The molecule has 4 aromatic rings. The maximum atomic E-state index is 5.81. The zero-order valence-corrected chi connectivity index (χ0v) is 15.9. The second-order valence-electron chi connectivity index (χ2n) is 5.97. The number of para-hydroxylation sites is 2. The Balaban J connectivity index is 1.63. The summed E-state index contributed by atoms with van der Waals surface area (Å²) >= 11 is 1.50. The minimum absolute atomic E-state index is 0.293. The Morgan fingerprint density at radius 1 is 1.11 bits per heavy atom. The van der Waals surface area contributed by atoms with Crippen LogP contribution in [0.3, 0.4) is 0 Å². The van der Waals surface area contributed by atoms with E-state index in [-0.39, 0.29) is 0 Å². The van der Waals surface area contributed by atoms with Gasteiger partial charge in [-0.05, 0) is 31.4 Å². The van der Waals surface area contributed by atoms with Crippen molar-refractivity contribution >= 4 is 28.9 Å². The highest BCUT2D eigenvalue weighted by Crippen LogP contribution is 2.21. The number of aryl methyl sites for hydroxylation is 1. The average Bonchev–Trinajstić information content (AvgIpc) is 3.24. The van der Waals surface area contributed by atoms with E-state index in [9.17, 15) is 0 Å². The Kier molecular flexibility index (Phi) is 4.93. The van der Waals surface area contributed by atoms with Gasteiger partial charge in [0.2, 0.25) is 5.16 Å². The Hall–Kier alpha value is -3.06. The zero-order chi connectivity index (χ0) is 18.6. The summed E-state index contributed by atoms with van der Waals surface area (Å²) in [6.07, 6.45) is 3.80. The number of aromatic amines is 1. The van der Waals surface area contributed by atoms with E-state index in [1.165, 1.54) is 11.8 Å². The van der Waals surface area contributed by atoms with Crippen molar-refractivity contribution in [3.63, 3.8) is 0 Å². The van der Waals surface area contributed by atoms with Crippen LogP contribution in [0.4, 0.5) is 0 Å². The fraction of sp³-hybridized carbons (Fsp3) is 0.150. The number of hydrogen-bond donors (Lipinski definition) is 1. The van der Waals surface area contributed by atoms with E-state index >= 15 is 0 Å². The van der Waals surface area contributed by atoms with Crippen LogP contribution >= 0.6 is 11.8 Å². The summed E-state index contributed by atoms with van der Waals surface area (Å²) in [5.74, 6) is 1.44. The fourth-order valence-electron chi connectivity index (χ4n) is 2.87. The number of ether oxygens (including phenoxy) is 1. The molecule has 7 heteroatoms. The topological polar surface area (TPSA) is 68.1 Å². The molecule has 0 saturated carbocycles. The molecule has 0 fully saturated rings. The molecule has 0 unspecified atom stereocenters. The predicted molar refractivity (Wildman–Crippen MR) is 109 cm³/mol. The molecule has 0 saturated heterocycles. The number of nitrogens with zero attached hydrogens (tertiary/aromatic N) is 4. The number of benzene rings is 2. The van der Waals surface area contributed by atoms with Crippen LogP contribution in [-0.2, 0) is 6.61 Å². The highest BCUT2D eigenvalue weighted by atomic mass is 32.2. The first-order chi connectivity index (χ1) is 13.3. The van der Waals surface area contributed by atoms with Gasteiger partial charge in [0.25, 0.3) is 0 Å². The molecule has 1 N–H and O–H groups in total. The summed E-state index contributed by atoms with van der Waals surface area (Å²) in [4.78, 5) is 3.39. The quantitative estimate of drug-likeness (QED) is 0.403. The van der Waals surface area contributed by atoms with Crippen molar-refractivity contribution in [2.75, 3.05) is 6.26 Å². The first-order valence-electron chi connectivity index (χ1n) is 8.54. The molecular formula is C20H19N5OS. The van der Waals surface area contributed by atoms with Crippen molar-refractivity contribution in [1.82, 2.24) is 19.9 Å². The summed E-state index contributed by atoms with van der Waals surface area (Å²) in [6, 6.07) is 17.8. The minimum atomic E-state index is 0.293. The molecule has 2 heterocycles. The van der Waals surface area contributed by atoms with Crippen molar-refractivity contribution in [2.24, 2.45) is 5.10 Å². The number of fused-ring (bicyclic) bond motifs is 1. The summed E-state index contributed by atoms with van der Waals surface area (Å²) < 4.78 is 7.54. The summed E-state index contributed by atoms with van der Waals surface area (Å²) in [5, 5.41) is 14.9. The van der Waals surface area contributed by atoms with Crippen LogP contribution in [0.25, 0.3) is 10.9 Å². The van der Waals surface area contributed by atoms with Gasteiger partial charge in [-0.2, -0.15) is 9.78 Å². The van der Waals surface area contributed by atoms with Gasteiger partial charge in [0, 0.05) is 22.2 Å². The Bertz CT molecular complexity index is 1080. The predicted octanol–water partition coefficient (Wildman–Crippen LogP) is 4.25. The average molecular weight is 377 g/mol. The van der Waals surface area contributed by atoms with Gasteiger partial charge < -0.3 is 9.72 Å². The van der Waals surface area contributed by atoms with Crippen LogP contribution in [0.5, 0.6) is 5.75 Å². The molecule has 0 bridgehead atoms. The van der Waals surface area contributed by atoms with E-state index in [2.05, 4.69) is 32.4 Å². The Morgan fingerprint density at radius 2 is 1.89 bits per heavy atom. The van der Waals surface area contributed by atoms with E-state index < -0.39 is 0 Å². The van der Waals surface area contributed by atoms with Crippen LogP contribution in [0.2, 0.25) is 0 Å². The lowest BCUT2D eigenvalue weighted by Gasteiger charge is -2.06. The van der Waals surface area contributed by atoms with Crippen LogP contribution in [0, 0.1) is 6.92 Å². The molecule has 0 spiro atoms. The second-order valence-corrected chi connectivity index (χ2v) is 6.74. The molecule has 2 aromatic carbocycles. The van der Waals surface area contributed by atoms with E-state index in [4.69, 9.17) is 4.74 Å². The van der Waals surface area contributed by atoms with Crippen LogP contribution in [-0.4, -0.2) is 32.3 Å². The molecule has 6 nitrogen and oxygen atoms in total. The number of hydrogen-bond acceptors (Lipinski definition) is 5. The van der Waals surface area contributed by atoms with E-state index in [0.29, 0.717) is 12.4 Å². The van der Waals surface area contributed by atoms with Gasteiger partial charge in [-0.25, -0.2) is 0 Å². The van der Waals surface area contributed by atoms with Crippen LogP contribution in [0.1, 0.15) is 17.1 Å². The highest BCUT2D eigenvalue weighted by Gasteiger charge is 2.12. The van der Waals surface area contributed by atoms with Gasteiger partial charge >= 0.3 is 0 Å². The second kappa shape index (κ2) is 7.67. The van der Waals surface area contributed by atoms with Crippen molar-refractivity contribution in [2.45, 2.75) is 18.7 Å². The number of rotatable bonds is 6. The maximum absolute atomic E-state index is 5.81. The molecule has 0 atom stereocenters. The van der Waals surface area contributed by atoms with E-state index in [1.54, 1.807) is 4.68 Å². The standard InChI is InChI=1S/C20H19N5OS/c1-14-17(16-10-6-7-11-18(16)22-14)12-21-25-19(23-24-20(25)27-2)13-26-15-8-4-3-5-9-15/h3-12,22H,13H2,1-2H3/b21-12-. The van der Waals surface area contributed by atoms with Gasteiger partial charge in [0.15, 0.2) is 5.82 Å². The van der Waals surface area contributed by atoms with Gasteiger partial charge in [-0.15, -0.1) is 10.2 Å². The SMILES string of the molecule is CSc1nnc(COc2ccccc2)n1/N=C\c1c(C)[nH]c2ccccc12. The highest BCUT2D eigenvalue weighted by molar-refractivity contribution is 7.98. The lowest BCUT2D eigenvalue weighted by atomic mass is 10.1. The molecule has 0 aliphatic rings. The molecule has 27 heavy (non-hydrogen) atoms. The fourth-order valence-corrected chi connectivity index (χ4v) is 3.32. The maximum Gasteiger partial charge on any atom is 0.211 e. The van der Waals surface area contributed by atoms with Crippen molar-refractivity contribution in [3.8, 4) is 5.75 Å². The monoisotopic (exact) mass is 377 g/mol. The van der Waals surface area contributed by atoms with Crippen molar-refractivity contribution in [1.29, 1.82) is 0 Å². The summed E-state index contributed by atoms with van der Waals surface area (Å²) in [7, 11) is 0. The van der Waals surface area contributed by atoms with Gasteiger partial charge in [-0.3, -0.25) is 0 Å². The Labute approximate surface area is 161 Å². The third kappa shape index (κ3) is 3.59. The third-order valence-electron chi connectivity index (χ3n) is 4.22. The van der Waals surface area contributed by atoms with E-state index in [1.807, 2.05) is 61.9 Å². The minimum Gasteiger partial charge on any atom is -0.486 e. The van der Waals surface area contributed by atoms with Crippen molar-refractivity contribution in [3.05, 3.63) is 71.7 Å². The van der Waals surface area contributed by atoms with Crippen LogP contribution in [0.15, 0.2) is 64.9 Å². The lowest BCUT2D eigenvalue weighted by molar-refractivity contribution is 0.290. The van der Waals surface area contributed by atoms with Gasteiger partial charge in [-0.1, -0.05) is 48.2 Å². The smallest absolute Gasteiger partial charge is 0.211 e. The molecule has 0 radical (unpaired) electrons. The Morgan fingerprint density at radius 3 is 2.70 bits per heavy atom. The van der Waals surface area contributed by atoms with E-state index in [0.717, 1.165) is 33.1 Å². The number of thioether (sulfide) groups is 1. The normalized spacial score (nSPS) is 11.5. The zero-order valence-electron chi connectivity index (χ0n) is 15.1. The van der Waals surface area contributed by atoms with Crippen LogP contribution < -0.4 is 4.74 Å².